The molecule has 2 saturated carbocycles. The maximum atomic E-state index is 11.9. The lowest BCUT2D eigenvalue weighted by atomic mass is 9.93. The van der Waals surface area contributed by atoms with Gasteiger partial charge in [0.1, 0.15) is 24.3 Å². The van der Waals surface area contributed by atoms with E-state index in [9.17, 15) is 9.59 Å². The molecule has 0 unspecified atom stereocenters. The molecule has 2 fully saturated rings. The van der Waals surface area contributed by atoms with Crippen LogP contribution in [0, 0.1) is 24.2 Å². The highest BCUT2D eigenvalue weighted by atomic mass is 79.9. The van der Waals surface area contributed by atoms with Crippen LogP contribution in [0.5, 0.6) is 0 Å². The fraction of sp³-hybridized carbons (Fsp3) is 0.348. The molecule has 4 aromatic rings. The molecule has 0 aliphatic heterocycles. The minimum Gasteiger partial charge on any atom is -0.468 e. The number of benzene rings is 4. The number of carbonyl (C=O) groups excluding carboxylic acids is 2. The third kappa shape index (κ3) is 13.5. The molecule has 0 bridgehead atoms. The molecule has 288 valence electrons. The van der Waals surface area contributed by atoms with E-state index < -0.39 is 11.1 Å². The molecule has 4 aromatic carbocycles. The number of ether oxygens (including phenoxy) is 4. The summed E-state index contributed by atoms with van der Waals surface area (Å²) in [7, 11) is 2.78. The first-order valence-electron chi connectivity index (χ1n) is 18.3. The molecular formula is C46H51BrN2O6. The Morgan fingerprint density at radius 1 is 0.691 bits per heavy atom. The Kier molecular flexibility index (Phi) is 17.2. The molecule has 4 atom stereocenters. The number of halogens is 1. The molecule has 0 radical (unpaired) electrons. The summed E-state index contributed by atoms with van der Waals surface area (Å²) in [5.41, 5.74) is 16.3. The van der Waals surface area contributed by atoms with E-state index in [1.54, 1.807) is 0 Å². The van der Waals surface area contributed by atoms with Crippen LogP contribution in [-0.2, 0) is 41.8 Å². The minimum absolute atomic E-state index is 0.283. The van der Waals surface area contributed by atoms with Crippen LogP contribution in [0.15, 0.2) is 114 Å². The van der Waals surface area contributed by atoms with Gasteiger partial charge in [-0.2, -0.15) is 0 Å². The second-order valence-corrected chi connectivity index (χ2v) is 14.7. The highest BCUT2D eigenvalue weighted by molar-refractivity contribution is 9.10. The van der Waals surface area contributed by atoms with E-state index in [0.717, 1.165) is 34.0 Å². The standard InChI is InChI=1S/C23H25NO3.C13H16BrNO2.C10H10O/c1-26-22(25)23(24)14-13-21(16-23)20-11-9-18(10-12-20)8-5-15-27-17-19-6-3-2-4-7-19;1-17-12(16)13(15)7-6-10(8-13)9-2-4-11(14)5-3-9;1-2-8-11-9-10-6-4-3-5-7-10/h2-4,6-7,9-12,21H,13-17,24H2,1H3;2-5,10H,6-8,15H2,1H3;1,3-7H,8-9H2/t21-,23-;10-,13-;/m11./s1. The Hall–Kier alpha value is -4.74. The van der Waals surface area contributed by atoms with Crippen molar-refractivity contribution in [3.8, 4) is 24.2 Å². The lowest BCUT2D eigenvalue weighted by Gasteiger charge is -2.20. The van der Waals surface area contributed by atoms with E-state index in [1.165, 1.54) is 25.3 Å². The van der Waals surface area contributed by atoms with Crippen LogP contribution in [0.2, 0.25) is 0 Å². The first-order valence-corrected chi connectivity index (χ1v) is 19.1. The summed E-state index contributed by atoms with van der Waals surface area (Å²) >= 11 is 3.41. The number of hydrogen-bond donors (Lipinski definition) is 2. The number of carbonyl (C=O) groups is 2. The molecule has 0 amide bonds. The van der Waals surface area contributed by atoms with Crippen molar-refractivity contribution in [2.24, 2.45) is 11.5 Å². The highest BCUT2D eigenvalue weighted by Crippen LogP contribution is 2.41. The van der Waals surface area contributed by atoms with Crippen molar-refractivity contribution < 1.29 is 28.5 Å². The quantitative estimate of drug-likeness (QED) is 0.0946. The van der Waals surface area contributed by atoms with Gasteiger partial charge < -0.3 is 30.4 Å². The summed E-state index contributed by atoms with van der Waals surface area (Å²) in [5, 5.41) is 0. The smallest absolute Gasteiger partial charge is 0.325 e. The summed E-state index contributed by atoms with van der Waals surface area (Å²) in [6.07, 6.45) is 9.49. The van der Waals surface area contributed by atoms with Gasteiger partial charge in [0.05, 0.1) is 27.4 Å². The van der Waals surface area contributed by atoms with E-state index in [0.29, 0.717) is 58.0 Å². The van der Waals surface area contributed by atoms with Gasteiger partial charge >= 0.3 is 11.9 Å². The maximum absolute atomic E-state index is 11.9. The van der Waals surface area contributed by atoms with Gasteiger partial charge in [-0.05, 0) is 96.9 Å². The van der Waals surface area contributed by atoms with Crippen LogP contribution < -0.4 is 11.5 Å². The number of methoxy groups -OCH3 is 2. The highest BCUT2D eigenvalue weighted by Gasteiger charge is 2.44. The molecule has 9 heteroatoms. The number of rotatable bonds is 10. The second kappa shape index (κ2) is 22.0. The molecule has 0 heterocycles. The number of nitrogens with two attached hydrogens (primary N) is 2. The van der Waals surface area contributed by atoms with Crippen molar-refractivity contribution in [1.29, 1.82) is 0 Å². The molecule has 2 aliphatic carbocycles. The van der Waals surface area contributed by atoms with Gasteiger partial charge in [0, 0.05) is 10.0 Å². The third-order valence-corrected chi connectivity index (χ3v) is 10.4. The second-order valence-electron chi connectivity index (χ2n) is 13.8. The minimum atomic E-state index is -0.853. The summed E-state index contributed by atoms with van der Waals surface area (Å²) < 4.78 is 21.4. The van der Waals surface area contributed by atoms with Crippen LogP contribution in [0.25, 0.3) is 0 Å². The van der Waals surface area contributed by atoms with E-state index >= 15 is 0 Å². The van der Waals surface area contributed by atoms with Crippen LogP contribution >= 0.6 is 15.9 Å². The van der Waals surface area contributed by atoms with Gasteiger partial charge in [0.25, 0.3) is 0 Å². The maximum Gasteiger partial charge on any atom is 0.325 e. The zero-order chi connectivity index (χ0) is 39.5. The largest absolute Gasteiger partial charge is 0.468 e. The van der Waals surface area contributed by atoms with Gasteiger partial charge in [-0.1, -0.05) is 119 Å². The van der Waals surface area contributed by atoms with Gasteiger partial charge in [-0.3, -0.25) is 9.59 Å². The van der Waals surface area contributed by atoms with E-state index in [4.69, 9.17) is 36.8 Å². The predicted molar refractivity (Wildman–Crippen MR) is 220 cm³/mol. The number of terminal acetylenes is 1. The monoisotopic (exact) mass is 806 g/mol. The van der Waals surface area contributed by atoms with Gasteiger partial charge in [-0.15, -0.1) is 6.42 Å². The summed E-state index contributed by atoms with van der Waals surface area (Å²) in [5.74, 6) is 8.60. The Morgan fingerprint density at radius 3 is 1.56 bits per heavy atom. The first kappa shape index (κ1) is 43.0. The normalized spacial score (nSPS) is 20.9. The van der Waals surface area contributed by atoms with Crippen molar-refractivity contribution in [2.75, 3.05) is 27.4 Å². The van der Waals surface area contributed by atoms with Crippen molar-refractivity contribution in [2.45, 2.75) is 74.7 Å². The predicted octanol–water partition coefficient (Wildman–Crippen LogP) is 7.82. The first-order chi connectivity index (χ1) is 26.6. The van der Waals surface area contributed by atoms with Crippen LogP contribution in [0.1, 0.15) is 78.2 Å². The summed E-state index contributed by atoms with van der Waals surface area (Å²) in [6, 6.07) is 36.4. The van der Waals surface area contributed by atoms with Crippen LogP contribution in [0.4, 0.5) is 0 Å². The number of hydrogen-bond acceptors (Lipinski definition) is 8. The van der Waals surface area contributed by atoms with Gasteiger partial charge in [0.15, 0.2) is 0 Å². The van der Waals surface area contributed by atoms with Crippen molar-refractivity contribution in [3.05, 3.63) is 141 Å². The molecule has 55 heavy (non-hydrogen) atoms. The Balaban J connectivity index is 0.000000204. The lowest BCUT2D eigenvalue weighted by molar-refractivity contribution is -0.147. The average Bonchev–Trinajstić information content (AvgIpc) is 3.83. The molecule has 8 nitrogen and oxygen atoms in total. The third-order valence-electron chi connectivity index (χ3n) is 9.82. The molecule has 4 N–H and O–H groups in total. The molecule has 0 saturated heterocycles. The number of esters is 2. The topological polar surface area (TPSA) is 123 Å². The summed E-state index contributed by atoms with van der Waals surface area (Å²) in [4.78, 5) is 23.5. The SMILES string of the molecule is C#CCOCc1ccccc1.COC(=O)[C@@]1(N)CC[C@@H](c2ccc(Br)cc2)C1.COC(=O)[C@@]1(N)CC[C@@H](c2ccc(C#CCOCc3ccccc3)cc2)C1. The Morgan fingerprint density at radius 2 is 1.13 bits per heavy atom. The molecule has 0 aromatic heterocycles. The van der Waals surface area contributed by atoms with E-state index in [2.05, 4.69) is 58.0 Å². The van der Waals surface area contributed by atoms with Gasteiger partial charge in [0.2, 0.25) is 0 Å². The molecular weight excluding hydrogens is 756 g/mol. The van der Waals surface area contributed by atoms with E-state index in [1.807, 2.05) is 84.9 Å². The van der Waals surface area contributed by atoms with E-state index in [-0.39, 0.29) is 17.9 Å². The van der Waals surface area contributed by atoms with Crippen LogP contribution in [-0.4, -0.2) is 50.4 Å². The Bertz CT molecular complexity index is 1890. The average molecular weight is 808 g/mol. The van der Waals surface area contributed by atoms with Gasteiger partial charge in [-0.25, -0.2) is 0 Å². The fourth-order valence-corrected chi connectivity index (χ4v) is 7.07. The fourth-order valence-electron chi connectivity index (χ4n) is 6.81. The molecule has 2 aliphatic rings. The van der Waals surface area contributed by atoms with Crippen molar-refractivity contribution in [3.63, 3.8) is 0 Å². The summed E-state index contributed by atoms with van der Waals surface area (Å²) in [6.45, 7) is 1.95. The lowest BCUT2D eigenvalue weighted by Crippen LogP contribution is -2.46. The molecule has 0 spiro atoms. The Labute approximate surface area is 334 Å². The zero-order valence-corrected chi connectivity index (χ0v) is 33.3. The molecule has 6 rings (SSSR count). The van der Waals surface area contributed by atoms with Crippen LogP contribution in [0.3, 0.4) is 0 Å². The van der Waals surface area contributed by atoms with Crippen molar-refractivity contribution >= 4 is 27.9 Å². The van der Waals surface area contributed by atoms with Crippen molar-refractivity contribution in [1.82, 2.24) is 0 Å². The zero-order valence-electron chi connectivity index (χ0n) is 31.7.